The molecular formula is C16H25N3. The van der Waals surface area contributed by atoms with Crippen molar-refractivity contribution in [2.45, 2.75) is 32.2 Å². The lowest BCUT2D eigenvalue weighted by atomic mass is 10.2. The molecule has 0 radical (unpaired) electrons. The van der Waals surface area contributed by atoms with Crippen LogP contribution in [0.3, 0.4) is 0 Å². The summed E-state index contributed by atoms with van der Waals surface area (Å²) in [6.45, 7) is 8.05. The lowest BCUT2D eigenvalue weighted by molar-refractivity contribution is 0.572. The van der Waals surface area contributed by atoms with Gasteiger partial charge >= 0.3 is 0 Å². The molecule has 1 N–H and O–H groups in total. The monoisotopic (exact) mass is 259 g/mol. The highest BCUT2D eigenvalue weighted by Gasteiger charge is 2.21. The van der Waals surface area contributed by atoms with Crippen LogP contribution in [-0.4, -0.2) is 38.8 Å². The van der Waals surface area contributed by atoms with Gasteiger partial charge < -0.3 is 15.1 Å². The molecule has 1 unspecified atom stereocenters. The van der Waals surface area contributed by atoms with Crippen LogP contribution in [0.15, 0.2) is 24.3 Å². The number of likely N-dealkylation sites (N-methyl/N-ethyl adjacent to an activating group) is 1. The molecule has 3 rings (SSSR count). The largest absolute Gasteiger partial charge is 0.372 e. The lowest BCUT2D eigenvalue weighted by Crippen LogP contribution is -2.32. The quantitative estimate of drug-likeness (QED) is 0.896. The third kappa shape index (κ3) is 2.86. The van der Waals surface area contributed by atoms with Crippen molar-refractivity contribution < 1.29 is 0 Å². The second-order valence-electron chi connectivity index (χ2n) is 5.70. The SMILES string of the molecule is CCNC1CCN(c2ccc(N3CCCC3)cc2)C1. The summed E-state index contributed by atoms with van der Waals surface area (Å²) in [6.07, 6.45) is 3.96. The first-order chi connectivity index (χ1) is 9.36. The maximum absolute atomic E-state index is 3.55. The predicted molar refractivity (Wildman–Crippen MR) is 82.2 cm³/mol. The number of rotatable bonds is 4. The minimum Gasteiger partial charge on any atom is -0.372 e. The van der Waals surface area contributed by atoms with Crippen molar-refractivity contribution in [2.75, 3.05) is 42.5 Å². The third-order valence-corrected chi connectivity index (χ3v) is 4.37. The van der Waals surface area contributed by atoms with E-state index in [4.69, 9.17) is 0 Å². The molecule has 0 aliphatic carbocycles. The summed E-state index contributed by atoms with van der Waals surface area (Å²) >= 11 is 0. The van der Waals surface area contributed by atoms with Gasteiger partial charge in [-0.1, -0.05) is 6.92 Å². The number of nitrogens with zero attached hydrogens (tertiary/aromatic N) is 2. The van der Waals surface area contributed by atoms with Gasteiger partial charge in [-0.05, 0) is 50.1 Å². The number of benzene rings is 1. The summed E-state index contributed by atoms with van der Waals surface area (Å²) in [4.78, 5) is 5.00. The van der Waals surface area contributed by atoms with E-state index in [0.29, 0.717) is 6.04 Å². The van der Waals surface area contributed by atoms with Gasteiger partial charge in [-0.15, -0.1) is 0 Å². The van der Waals surface area contributed by atoms with Gasteiger partial charge in [0.2, 0.25) is 0 Å². The van der Waals surface area contributed by atoms with Gasteiger partial charge in [0.15, 0.2) is 0 Å². The zero-order chi connectivity index (χ0) is 13.1. The Kier molecular flexibility index (Phi) is 3.92. The second-order valence-corrected chi connectivity index (χ2v) is 5.70. The van der Waals surface area contributed by atoms with E-state index in [-0.39, 0.29) is 0 Å². The summed E-state index contributed by atoms with van der Waals surface area (Å²) in [7, 11) is 0. The summed E-state index contributed by atoms with van der Waals surface area (Å²) in [5.74, 6) is 0. The molecule has 1 aromatic carbocycles. The molecule has 2 aliphatic heterocycles. The molecule has 0 amide bonds. The molecule has 1 aromatic rings. The Morgan fingerprint density at radius 3 is 2.26 bits per heavy atom. The van der Waals surface area contributed by atoms with Crippen LogP contribution in [0.1, 0.15) is 26.2 Å². The number of nitrogens with one attached hydrogen (secondary N) is 1. The summed E-state index contributed by atoms with van der Waals surface area (Å²) < 4.78 is 0. The highest BCUT2D eigenvalue weighted by molar-refractivity contribution is 5.57. The normalized spacial score (nSPS) is 23.3. The molecule has 2 heterocycles. The van der Waals surface area contributed by atoms with Crippen molar-refractivity contribution in [3.63, 3.8) is 0 Å². The van der Waals surface area contributed by atoms with Gasteiger partial charge in [0.05, 0.1) is 0 Å². The van der Waals surface area contributed by atoms with Crippen LogP contribution in [-0.2, 0) is 0 Å². The topological polar surface area (TPSA) is 18.5 Å². The van der Waals surface area contributed by atoms with Crippen molar-refractivity contribution in [1.82, 2.24) is 5.32 Å². The standard InChI is InChI=1S/C16H25N3/c1-2-17-14-9-12-19(13-14)16-7-5-15(6-8-16)18-10-3-4-11-18/h5-8,14,17H,2-4,9-13H2,1H3. The minimum absolute atomic E-state index is 0.670. The molecular weight excluding hydrogens is 234 g/mol. The Balaban J connectivity index is 1.62. The van der Waals surface area contributed by atoms with E-state index in [1.165, 1.54) is 50.3 Å². The van der Waals surface area contributed by atoms with Crippen LogP contribution in [0.25, 0.3) is 0 Å². The average molecular weight is 259 g/mol. The molecule has 3 heteroatoms. The molecule has 2 saturated heterocycles. The lowest BCUT2D eigenvalue weighted by Gasteiger charge is -2.22. The van der Waals surface area contributed by atoms with Gasteiger partial charge in [0, 0.05) is 43.6 Å². The highest BCUT2D eigenvalue weighted by Crippen LogP contribution is 2.25. The highest BCUT2D eigenvalue weighted by atomic mass is 15.2. The fraction of sp³-hybridized carbons (Fsp3) is 0.625. The van der Waals surface area contributed by atoms with Gasteiger partial charge in [0.1, 0.15) is 0 Å². The predicted octanol–water partition coefficient (Wildman–Crippen LogP) is 2.48. The summed E-state index contributed by atoms with van der Waals surface area (Å²) in [5, 5.41) is 3.55. The first-order valence-electron chi connectivity index (χ1n) is 7.70. The second kappa shape index (κ2) is 5.83. The average Bonchev–Trinajstić information content (AvgIpc) is 3.10. The smallest absolute Gasteiger partial charge is 0.0368 e. The zero-order valence-corrected chi connectivity index (χ0v) is 11.9. The fourth-order valence-electron chi connectivity index (χ4n) is 3.30. The van der Waals surface area contributed by atoms with Crippen LogP contribution < -0.4 is 15.1 Å². The van der Waals surface area contributed by atoms with Crippen molar-refractivity contribution in [2.24, 2.45) is 0 Å². The van der Waals surface area contributed by atoms with Crippen LogP contribution >= 0.6 is 0 Å². The molecule has 104 valence electrons. The van der Waals surface area contributed by atoms with E-state index in [1.54, 1.807) is 0 Å². The van der Waals surface area contributed by atoms with E-state index in [0.717, 1.165) is 13.1 Å². The third-order valence-electron chi connectivity index (χ3n) is 4.37. The van der Waals surface area contributed by atoms with Crippen LogP contribution in [0.4, 0.5) is 11.4 Å². The van der Waals surface area contributed by atoms with Crippen molar-refractivity contribution in [1.29, 1.82) is 0 Å². The molecule has 3 nitrogen and oxygen atoms in total. The van der Waals surface area contributed by atoms with Crippen molar-refractivity contribution >= 4 is 11.4 Å². The number of anilines is 2. The Hall–Kier alpha value is -1.22. The molecule has 0 aromatic heterocycles. The van der Waals surface area contributed by atoms with Crippen LogP contribution in [0, 0.1) is 0 Å². The van der Waals surface area contributed by atoms with Crippen molar-refractivity contribution in [3.05, 3.63) is 24.3 Å². The Morgan fingerprint density at radius 1 is 1.00 bits per heavy atom. The first kappa shape index (κ1) is 12.8. The minimum atomic E-state index is 0.670. The van der Waals surface area contributed by atoms with Crippen LogP contribution in [0.5, 0.6) is 0 Å². The van der Waals surface area contributed by atoms with Gasteiger partial charge in [-0.25, -0.2) is 0 Å². The molecule has 1 atom stereocenters. The number of hydrogen-bond donors (Lipinski definition) is 1. The zero-order valence-electron chi connectivity index (χ0n) is 11.9. The van der Waals surface area contributed by atoms with E-state index in [1.807, 2.05) is 0 Å². The van der Waals surface area contributed by atoms with E-state index < -0.39 is 0 Å². The molecule has 19 heavy (non-hydrogen) atoms. The Bertz CT molecular complexity index is 395. The van der Waals surface area contributed by atoms with E-state index >= 15 is 0 Å². The van der Waals surface area contributed by atoms with Gasteiger partial charge in [-0.2, -0.15) is 0 Å². The molecule has 2 fully saturated rings. The Labute approximate surface area is 116 Å². The molecule has 0 bridgehead atoms. The first-order valence-corrected chi connectivity index (χ1v) is 7.70. The van der Waals surface area contributed by atoms with Gasteiger partial charge in [0.25, 0.3) is 0 Å². The molecule has 0 spiro atoms. The van der Waals surface area contributed by atoms with Gasteiger partial charge in [-0.3, -0.25) is 0 Å². The molecule has 2 aliphatic rings. The summed E-state index contributed by atoms with van der Waals surface area (Å²) in [6, 6.07) is 9.84. The fourth-order valence-corrected chi connectivity index (χ4v) is 3.30. The van der Waals surface area contributed by atoms with E-state index in [9.17, 15) is 0 Å². The Morgan fingerprint density at radius 2 is 1.63 bits per heavy atom. The summed E-state index contributed by atoms with van der Waals surface area (Å²) in [5.41, 5.74) is 2.77. The number of hydrogen-bond acceptors (Lipinski definition) is 3. The maximum atomic E-state index is 3.55. The van der Waals surface area contributed by atoms with Crippen molar-refractivity contribution in [3.8, 4) is 0 Å². The van der Waals surface area contributed by atoms with Crippen LogP contribution in [0.2, 0.25) is 0 Å². The maximum Gasteiger partial charge on any atom is 0.0368 e. The molecule has 0 saturated carbocycles. The van der Waals surface area contributed by atoms with E-state index in [2.05, 4.69) is 46.3 Å².